The number of carbonyl (C=O) groups is 1. The van der Waals surface area contributed by atoms with Crippen LogP contribution in [0.4, 0.5) is 0 Å². The lowest BCUT2D eigenvalue weighted by Crippen LogP contribution is -2.21. The molecule has 1 heterocycles. The average Bonchev–Trinajstić information content (AvgIpc) is 2.64. The van der Waals surface area contributed by atoms with Crippen LogP contribution in [0.3, 0.4) is 0 Å². The van der Waals surface area contributed by atoms with E-state index >= 15 is 0 Å². The first-order valence-electron chi connectivity index (χ1n) is 6.94. The van der Waals surface area contributed by atoms with E-state index in [1.165, 1.54) is 22.2 Å². The molecule has 0 aliphatic rings. The van der Waals surface area contributed by atoms with E-state index in [1.54, 1.807) is 0 Å². The van der Waals surface area contributed by atoms with Gasteiger partial charge in [0.1, 0.15) is 0 Å². The molecule has 1 aromatic carbocycles. The van der Waals surface area contributed by atoms with Crippen molar-refractivity contribution in [3.05, 3.63) is 35.5 Å². The first kappa shape index (κ1) is 14.6. The maximum absolute atomic E-state index is 10.5. The molecule has 4 heteroatoms. The highest BCUT2D eigenvalue weighted by Crippen LogP contribution is 2.25. The number of para-hydroxylation sites is 1. The van der Waals surface area contributed by atoms with Gasteiger partial charge in [0.2, 0.25) is 0 Å². The molecular formula is C16H22N2O2. The second-order valence-corrected chi connectivity index (χ2v) is 5.38. The largest absolute Gasteiger partial charge is 0.481 e. The molecule has 0 saturated carbocycles. The number of carboxylic acid groups (broad SMARTS) is 1. The van der Waals surface area contributed by atoms with Crippen molar-refractivity contribution in [2.45, 2.75) is 26.3 Å². The monoisotopic (exact) mass is 274 g/mol. The molecule has 0 aliphatic heterocycles. The van der Waals surface area contributed by atoms with Gasteiger partial charge in [0, 0.05) is 36.6 Å². The highest BCUT2D eigenvalue weighted by Gasteiger charge is 2.12. The summed E-state index contributed by atoms with van der Waals surface area (Å²) in [5.41, 5.74) is 3.86. The van der Waals surface area contributed by atoms with Gasteiger partial charge in [-0.1, -0.05) is 18.2 Å². The van der Waals surface area contributed by atoms with Crippen molar-refractivity contribution >= 4 is 16.9 Å². The van der Waals surface area contributed by atoms with Gasteiger partial charge in [-0.2, -0.15) is 0 Å². The lowest BCUT2D eigenvalue weighted by Gasteiger charge is -2.17. The second kappa shape index (κ2) is 6.09. The topological polar surface area (TPSA) is 45.5 Å². The van der Waals surface area contributed by atoms with Gasteiger partial charge in [-0.25, -0.2) is 0 Å². The smallest absolute Gasteiger partial charge is 0.303 e. The maximum atomic E-state index is 10.5. The molecule has 0 fully saturated rings. The molecule has 1 N–H and O–H groups in total. The Balaban J connectivity index is 2.11. The van der Waals surface area contributed by atoms with Gasteiger partial charge in [-0.15, -0.1) is 0 Å². The number of aromatic nitrogens is 1. The van der Waals surface area contributed by atoms with Crippen molar-refractivity contribution in [3.63, 3.8) is 0 Å². The summed E-state index contributed by atoms with van der Waals surface area (Å²) in [6.07, 6.45) is 0.924. The zero-order valence-corrected chi connectivity index (χ0v) is 12.4. The van der Waals surface area contributed by atoms with Crippen LogP contribution < -0.4 is 0 Å². The first-order valence-corrected chi connectivity index (χ1v) is 6.94. The van der Waals surface area contributed by atoms with Crippen molar-refractivity contribution in [3.8, 4) is 0 Å². The van der Waals surface area contributed by atoms with Crippen LogP contribution in [0.15, 0.2) is 24.3 Å². The number of nitrogens with zero attached hydrogens (tertiary/aromatic N) is 2. The molecule has 2 rings (SSSR count). The minimum atomic E-state index is -0.723. The van der Waals surface area contributed by atoms with Gasteiger partial charge < -0.3 is 14.6 Å². The van der Waals surface area contributed by atoms with Crippen molar-refractivity contribution in [1.82, 2.24) is 9.47 Å². The van der Waals surface area contributed by atoms with Crippen LogP contribution in [0.2, 0.25) is 0 Å². The van der Waals surface area contributed by atoms with E-state index in [0.717, 1.165) is 13.1 Å². The summed E-state index contributed by atoms with van der Waals surface area (Å²) >= 11 is 0. The minimum absolute atomic E-state index is 0.235. The number of fused-ring (bicyclic) bond motifs is 1. The number of hydrogen-bond donors (Lipinski definition) is 1. The molecule has 0 amide bonds. The maximum Gasteiger partial charge on any atom is 0.303 e. The van der Waals surface area contributed by atoms with Crippen LogP contribution in [0.25, 0.3) is 10.9 Å². The van der Waals surface area contributed by atoms with Gasteiger partial charge in [-0.3, -0.25) is 4.79 Å². The van der Waals surface area contributed by atoms with Gasteiger partial charge in [-0.05, 0) is 38.6 Å². The molecule has 0 saturated heterocycles. The SMILES string of the molecule is Cc1c(CN(C)CCCC(=O)O)n(C)c2ccccc12. The molecule has 2 aromatic rings. The van der Waals surface area contributed by atoms with Crippen molar-refractivity contribution in [1.29, 1.82) is 0 Å². The predicted octanol–water partition coefficient (Wildman–Crippen LogP) is 2.78. The number of benzene rings is 1. The van der Waals surface area contributed by atoms with Gasteiger partial charge in [0.25, 0.3) is 0 Å². The van der Waals surface area contributed by atoms with Crippen molar-refractivity contribution in [2.75, 3.05) is 13.6 Å². The second-order valence-electron chi connectivity index (χ2n) is 5.38. The Bertz CT molecular complexity index is 577. The summed E-state index contributed by atoms with van der Waals surface area (Å²) in [6, 6.07) is 8.41. The molecule has 0 bridgehead atoms. The Morgan fingerprint density at radius 1 is 1.35 bits per heavy atom. The fourth-order valence-electron chi connectivity index (χ4n) is 2.70. The zero-order valence-electron chi connectivity index (χ0n) is 12.4. The first-order chi connectivity index (χ1) is 9.50. The molecule has 20 heavy (non-hydrogen) atoms. The van der Waals surface area contributed by atoms with Gasteiger partial charge in [0.05, 0.1) is 0 Å². The number of carboxylic acids is 1. The summed E-state index contributed by atoms with van der Waals surface area (Å²) in [5.74, 6) is -0.723. The third-order valence-electron chi connectivity index (χ3n) is 3.86. The third-order valence-corrected chi connectivity index (χ3v) is 3.86. The van der Waals surface area contributed by atoms with E-state index in [9.17, 15) is 4.79 Å². The third kappa shape index (κ3) is 3.02. The quantitative estimate of drug-likeness (QED) is 0.881. The molecule has 0 spiro atoms. The molecular weight excluding hydrogens is 252 g/mol. The molecule has 108 valence electrons. The highest BCUT2D eigenvalue weighted by atomic mass is 16.4. The van der Waals surface area contributed by atoms with Crippen LogP contribution in [0, 0.1) is 6.92 Å². The van der Waals surface area contributed by atoms with Crippen molar-refractivity contribution in [2.24, 2.45) is 7.05 Å². The molecule has 1 aromatic heterocycles. The fraction of sp³-hybridized carbons (Fsp3) is 0.438. The Hall–Kier alpha value is -1.81. The summed E-state index contributed by atoms with van der Waals surface area (Å²) in [7, 11) is 4.13. The Kier molecular flexibility index (Phi) is 4.45. The van der Waals surface area contributed by atoms with E-state index < -0.39 is 5.97 Å². The molecule has 0 atom stereocenters. The normalized spacial score (nSPS) is 11.4. The lowest BCUT2D eigenvalue weighted by molar-refractivity contribution is -0.137. The fourth-order valence-corrected chi connectivity index (χ4v) is 2.70. The zero-order chi connectivity index (χ0) is 14.7. The van der Waals surface area contributed by atoms with Crippen LogP contribution in [-0.2, 0) is 18.4 Å². The predicted molar refractivity (Wildman–Crippen MR) is 80.9 cm³/mol. The van der Waals surface area contributed by atoms with Gasteiger partial charge >= 0.3 is 5.97 Å². The highest BCUT2D eigenvalue weighted by molar-refractivity contribution is 5.85. The number of aliphatic carboxylic acids is 1. The van der Waals surface area contributed by atoms with Gasteiger partial charge in [0.15, 0.2) is 0 Å². The summed E-state index contributed by atoms with van der Waals surface area (Å²) in [5, 5.41) is 9.97. The van der Waals surface area contributed by atoms with Crippen LogP contribution in [-0.4, -0.2) is 34.1 Å². The Morgan fingerprint density at radius 2 is 2.05 bits per heavy atom. The summed E-state index contributed by atoms with van der Waals surface area (Å²) in [6.45, 7) is 3.80. The van der Waals surface area contributed by atoms with Crippen molar-refractivity contribution < 1.29 is 9.90 Å². The standard InChI is InChI=1S/C16H22N2O2/c1-12-13-7-4-5-8-14(13)18(3)15(12)11-17(2)10-6-9-16(19)20/h4-5,7-8H,6,9-11H2,1-3H3,(H,19,20). The minimum Gasteiger partial charge on any atom is -0.481 e. The summed E-state index contributed by atoms with van der Waals surface area (Å²) in [4.78, 5) is 12.7. The molecule has 0 aliphatic carbocycles. The summed E-state index contributed by atoms with van der Waals surface area (Å²) < 4.78 is 2.23. The molecule has 4 nitrogen and oxygen atoms in total. The Labute approximate surface area is 119 Å². The van der Waals surface area contributed by atoms with E-state index in [0.29, 0.717) is 6.42 Å². The van der Waals surface area contributed by atoms with Crippen LogP contribution in [0.5, 0.6) is 0 Å². The van der Waals surface area contributed by atoms with Crippen LogP contribution in [0.1, 0.15) is 24.1 Å². The number of aryl methyl sites for hydroxylation is 2. The van der Waals surface area contributed by atoms with E-state index in [1.807, 2.05) is 7.05 Å². The van der Waals surface area contributed by atoms with E-state index in [4.69, 9.17) is 5.11 Å². The molecule has 0 unspecified atom stereocenters. The van der Waals surface area contributed by atoms with E-state index in [2.05, 4.69) is 47.7 Å². The Morgan fingerprint density at radius 3 is 2.70 bits per heavy atom. The molecule has 0 radical (unpaired) electrons. The number of rotatable bonds is 6. The number of hydrogen-bond acceptors (Lipinski definition) is 2. The average molecular weight is 274 g/mol. The lowest BCUT2D eigenvalue weighted by atomic mass is 10.1. The van der Waals surface area contributed by atoms with Crippen LogP contribution >= 0.6 is 0 Å². The van der Waals surface area contributed by atoms with E-state index in [-0.39, 0.29) is 6.42 Å².